The van der Waals surface area contributed by atoms with Gasteiger partial charge in [-0.25, -0.2) is 4.98 Å². The lowest BCUT2D eigenvalue weighted by Gasteiger charge is -2.06. The standard InChI is InChI=1S/C17H15F3N2OS/c18-17(19,20)12-5-3-4-11(10-12)8-9-15(23)22-16-21-13-6-1-2-7-14(13)24-16/h3-5,8-10H,1-2,6-7H2,(H,21,22,23). The molecule has 3 rings (SSSR count). The summed E-state index contributed by atoms with van der Waals surface area (Å²) in [6.07, 6.45) is 2.35. The molecule has 2 aromatic rings. The SMILES string of the molecule is O=C(C=Cc1cccc(C(F)(F)F)c1)Nc1nc2c(s1)CCCC2. The van der Waals surface area contributed by atoms with Gasteiger partial charge in [0.05, 0.1) is 11.3 Å². The van der Waals surface area contributed by atoms with Crippen LogP contribution in [0.5, 0.6) is 0 Å². The summed E-state index contributed by atoms with van der Waals surface area (Å²) in [4.78, 5) is 17.5. The second-order valence-electron chi connectivity index (χ2n) is 5.54. The molecule has 0 bridgehead atoms. The monoisotopic (exact) mass is 352 g/mol. The molecule has 7 heteroatoms. The lowest BCUT2D eigenvalue weighted by Crippen LogP contribution is -2.07. The number of anilines is 1. The number of hydrogen-bond acceptors (Lipinski definition) is 3. The number of aryl methyl sites for hydroxylation is 2. The van der Waals surface area contributed by atoms with E-state index in [9.17, 15) is 18.0 Å². The van der Waals surface area contributed by atoms with Crippen LogP contribution >= 0.6 is 11.3 Å². The highest BCUT2D eigenvalue weighted by molar-refractivity contribution is 7.15. The molecule has 1 aliphatic rings. The summed E-state index contributed by atoms with van der Waals surface area (Å²) >= 11 is 1.47. The van der Waals surface area contributed by atoms with Crippen LogP contribution in [0.15, 0.2) is 30.3 Å². The predicted molar refractivity (Wildman–Crippen MR) is 87.9 cm³/mol. The van der Waals surface area contributed by atoms with E-state index in [1.165, 1.54) is 40.5 Å². The Kier molecular flexibility index (Phi) is 4.71. The molecule has 0 atom stereocenters. The number of nitrogens with zero attached hydrogens (tertiary/aromatic N) is 1. The first-order valence-electron chi connectivity index (χ1n) is 7.57. The van der Waals surface area contributed by atoms with Crippen LogP contribution in [0, 0.1) is 0 Å². The van der Waals surface area contributed by atoms with Crippen molar-refractivity contribution in [2.24, 2.45) is 0 Å². The predicted octanol–water partition coefficient (Wildman–Crippen LogP) is 4.69. The van der Waals surface area contributed by atoms with Crippen molar-refractivity contribution in [3.05, 3.63) is 52.0 Å². The zero-order chi connectivity index (χ0) is 17.2. The Hall–Kier alpha value is -2.15. The Bertz CT molecular complexity index is 757. The van der Waals surface area contributed by atoms with Gasteiger partial charge < -0.3 is 0 Å². The maximum atomic E-state index is 12.7. The Morgan fingerprint density at radius 3 is 2.79 bits per heavy atom. The van der Waals surface area contributed by atoms with E-state index in [4.69, 9.17) is 0 Å². The molecule has 0 spiro atoms. The van der Waals surface area contributed by atoms with Crippen molar-refractivity contribution >= 4 is 28.5 Å². The van der Waals surface area contributed by atoms with Gasteiger partial charge in [-0.3, -0.25) is 10.1 Å². The molecule has 1 amide bonds. The van der Waals surface area contributed by atoms with Crippen LogP contribution in [0.1, 0.15) is 34.5 Å². The maximum absolute atomic E-state index is 12.7. The van der Waals surface area contributed by atoms with E-state index in [0.29, 0.717) is 10.7 Å². The van der Waals surface area contributed by atoms with E-state index in [1.807, 2.05) is 0 Å². The molecule has 0 radical (unpaired) electrons. The van der Waals surface area contributed by atoms with Gasteiger partial charge >= 0.3 is 6.18 Å². The molecule has 1 aliphatic carbocycles. The highest BCUT2D eigenvalue weighted by atomic mass is 32.1. The quantitative estimate of drug-likeness (QED) is 0.814. The molecule has 0 saturated heterocycles. The maximum Gasteiger partial charge on any atom is 0.416 e. The third kappa shape index (κ3) is 4.03. The number of halogens is 3. The van der Waals surface area contributed by atoms with E-state index in [-0.39, 0.29) is 0 Å². The first-order chi connectivity index (χ1) is 11.4. The van der Waals surface area contributed by atoms with E-state index < -0.39 is 17.6 Å². The van der Waals surface area contributed by atoms with Gasteiger partial charge in [-0.15, -0.1) is 11.3 Å². The molecule has 3 nitrogen and oxygen atoms in total. The third-order valence-electron chi connectivity index (χ3n) is 3.72. The first kappa shape index (κ1) is 16.7. The molecule has 1 aromatic heterocycles. The second kappa shape index (κ2) is 6.76. The van der Waals surface area contributed by atoms with E-state index in [1.54, 1.807) is 0 Å². The molecular weight excluding hydrogens is 337 g/mol. The van der Waals surface area contributed by atoms with Gasteiger partial charge in [-0.2, -0.15) is 13.2 Å². The van der Waals surface area contributed by atoms with Gasteiger partial charge in [0.1, 0.15) is 0 Å². The van der Waals surface area contributed by atoms with Gasteiger partial charge in [0, 0.05) is 11.0 Å². The van der Waals surface area contributed by atoms with Crippen molar-refractivity contribution in [3.63, 3.8) is 0 Å². The zero-order valence-corrected chi connectivity index (χ0v) is 13.5. The van der Waals surface area contributed by atoms with Gasteiger partial charge in [0.25, 0.3) is 0 Å². The number of nitrogens with one attached hydrogen (secondary N) is 1. The molecule has 1 aromatic carbocycles. The molecule has 1 heterocycles. The normalized spacial score (nSPS) is 14.6. The van der Waals surface area contributed by atoms with Gasteiger partial charge in [-0.05, 0) is 49.5 Å². The number of benzene rings is 1. The van der Waals surface area contributed by atoms with E-state index >= 15 is 0 Å². The van der Waals surface area contributed by atoms with Crippen LogP contribution in [0.25, 0.3) is 6.08 Å². The van der Waals surface area contributed by atoms with Crippen molar-refractivity contribution in [3.8, 4) is 0 Å². The number of fused-ring (bicyclic) bond motifs is 1. The Morgan fingerprint density at radius 2 is 2.04 bits per heavy atom. The minimum absolute atomic E-state index is 0.318. The highest BCUT2D eigenvalue weighted by Crippen LogP contribution is 2.30. The summed E-state index contributed by atoms with van der Waals surface area (Å²) < 4.78 is 38.0. The van der Waals surface area contributed by atoms with Crippen LogP contribution < -0.4 is 5.32 Å². The molecule has 24 heavy (non-hydrogen) atoms. The summed E-state index contributed by atoms with van der Waals surface area (Å²) in [5, 5.41) is 3.22. The molecular formula is C17H15F3N2OS. The molecule has 1 N–H and O–H groups in total. The van der Waals surface area contributed by atoms with Gasteiger partial charge in [-0.1, -0.05) is 12.1 Å². The van der Waals surface area contributed by atoms with Crippen molar-refractivity contribution < 1.29 is 18.0 Å². The highest BCUT2D eigenvalue weighted by Gasteiger charge is 2.30. The van der Waals surface area contributed by atoms with Crippen LogP contribution in [0.3, 0.4) is 0 Å². The fourth-order valence-electron chi connectivity index (χ4n) is 2.54. The number of carbonyl (C=O) groups is 1. The number of thiazole rings is 1. The lowest BCUT2D eigenvalue weighted by molar-refractivity contribution is -0.137. The summed E-state index contributed by atoms with van der Waals surface area (Å²) in [6.45, 7) is 0. The minimum Gasteiger partial charge on any atom is -0.298 e. The summed E-state index contributed by atoms with van der Waals surface area (Å²) in [6, 6.07) is 4.83. The first-order valence-corrected chi connectivity index (χ1v) is 8.38. The molecule has 0 unspecified atom stereocenters. The fraction of sp³-hybridized carbons (Fsp3) is 0.294. The van der Waals surface area contributed by atoms with E-state index in [2.05, 4.69) is 10.3 Å². The number of rotatable bonds is 3. The largest absolute Gasteiger partial charge is 0.416 e. The van der Waals surface area contributed by atoms with Crippen molar-refractivity contribution in [1.29, 1.82) is 0 Å². The number of amides is 1. The summed E-state index contributed by atoms with van der Waals surface area (Å²) in [5.74, 6) is -0.404. The van der Waals surface area contributed by atoms with Gasteiger partial charge in [0.2, 0.25) is 5.91 Å². The van der Waals surface area contributed by atoms with Crippen LogP contribution in [-0.2, 0) is 23.8 Å². The van der Waals surface area contributed by atoms with Crippen molar-refractivity contribution in [2.75, 3.05) is 5.32 Å². The fourth-order valence-corrected chi connectivity index (χ4v) is 3.60. The molecule has 0 fully saturated rings. The number of hydrogen-bond donors (Lipinski definition) is 1. The molecule has 0 saturated carbocycles. The minimum atomic E-state index is -4.40. The summed E-state index contributed by atoms with van der Waals surface area (Å²) in [7, 11) is 0. The van der Waals surface area contributed by atoms with Crippen molar-refractivity contribution in [1.82, 2.24) is 4.98 Å². The van der Waals surface area contributed by atoms with Gasteiger partial charge in [0.15, 0.2) is 5.13 Å². The Balaban J connectivity index is 1.66. The Labute approximate surface area is 141 Å². The number of alkyl halides is 3. The van der Waals surface area contributed by atoms with Crippen molar-refractivity contribution in [2.45, 2.75) is 31.9 Å². The average Bonchev–Trinajstić information content (AvgIpc) is 2.94. The third-order valence-corrected chi connectivity index (χ3v) is 4.79. The van der Waals surface area contributed by atoms with Crippen LogP contribution in [0.2, 0.25) is 0 Å². The van der Waals surface area contributed by atoms with Crippen LogP contribution in [-0.4, -0.2) is 10.9 Å². The number of carbonyl (C=O) groups excluding carboxylic acids is 1. The zero-order valence-electron chi connectivity index (χ0n) is 12.7. The topological polar surface area (TPSA) is 42.0 Å². The summed E-state index contributed by atoms with van der Waals surface area (Å²) in [5.41, 5.74) is 0.625. The number of aromatic nitrogens is 1. The second-order valence-corrected chi connectivity index (χ2v) is 6.63. The smallest absolute Gasteiger partial charge is 0.298 e. The molecule has 126 valence electrons. The molecule has 0 aliphatic heterocycles. The van der Waals surface area contributed by atoms with E-state index in [0.717, 1.165) is 43.5 Å². The van der Waals surface area contributed by atoms with Crippen LogP contribution in [0.4, 0.5) is 18.3 Å². The average molecular weight is 352 g/mol. The Morgan fingerprint density at radius 1 is 1.25 bits per heavy atom. The lowest BCUT2D eigenvalue weighted by atomic mass is 10.0.